The van der Waals surface area contributed by atoms with Crippen LogP contribution < -0.4 is 0 Å². The molecule has 0 N–H and O–H groups in total. The first-order chi connectivity index (χ1) is 6.61. The second-order valence-corrected chi connectivity index (χ2v) is 3.81. The molecule has 0 atom stereocenters. The fourth-order valence-electron chi connectivity index (χ4n) is 1.16. The van der Waals surface area contributed by atoms with Crippen molar-refractivity contribution in [1.29, 1.82) is 0 Å². The standard InChI is InChI=1S/C11H24N2O/c1-5-7-9-13(4)11(14)8-10-12(3)6-2/h5-10H2,1-4H3. The Hall–Kier alpha value is -0.570. The molecule has 0 aliphatic rings. The summed E-state index contributed by atoms with van der Waals surface area (Å²) in [5.74, 6) is 0.263. The maximum absolute atomic E-state index is 11.6. The summed E-state index contributed by atoms with van der Waals surface area (Å²) in [5, 5.41) is 0. The molecule has 3 nitrogen and oxygen atoms in total. The van der Waals surface area contributed by atoms with Crippen LogP contribution in [0.3, 0.4) is 0 Å². The van der Waals surface area contributed by atoms with Gasteiger partial charge in [0.25, 0.3) is 0 Å². The first kappa shape index (κ1) is 13.4. The van der Waals surface area contributed by atoms with Gasteiger partial charge in [0.05, 0.1) is 0 Å². The monoisotopic (exact) mass is 200 g/mol. The molecule has 0 aromatic heterocycles. The molecule has 0 bridgehead atoms. The summed E-state index contributed by atoms with van der Waals surface area (Å²) in [6.07, 6.45) is 2.89. The molecule has 0 fully saturated rings. The SMILES string of the molecule is CCCCN(C)C(=O)CCN(C)CC. The Labute approximate surface area is 88.1 Å². The van der Waals surface area contributed by atoms with Gasteiger partial charge in [-0.3, -0.25) is 4.79 Å². The number of rotatable bonds is 7. The third kappa shape index (κ3) is 5.97. The Kier molecular flexibility index (Phi) is 7.48. The van der Waals surface area contributed by atoms with Gasteiger partial charge in [-0.25, -0.2) is 0 Å². The molecule has 0 spiro atoms. The van der Waals surface area contributed by atoms with E-state index in [0.29, 0.717) is 6.42 Å². The maximum Gasteiger partial charge on any atom is 0.223 e. The molecule has 0 rings (SSSR count). The summed E-state index contributed by atoms with van der Waals surface area (Å²) in [6.45, 7) is 7.01. The third-order valence-electron chi connectivity index (χ3n) is 2.52. The lowest BCUT2D eigenvalue weighted by Gasteiger charge is -2.19. The minimum absolute atomic E-state index is 0.263. The number of hydrogen-bond donors (Lipinski definition) is 0. The lowest BCUT2D eigenvalue weighted by atomic mass is 10.3. The van der Waals surface area contributed by atoms with Crippen molar-refractivity contribution in [1.82, 2.24) is 9.80 Å². The summed E-state index contributed by atoms with van der Waals surface area (Å²) < 4.78 is 0. The van der Waals surface area contributed by atoms with Crippen LogP contribution in [-0.4, -0.2) is 49.4 Å². The van der Waals surface area contributed by atoms with Crippen molar-refractivity contribution in [3.63, 3.8) is 0 Å². The van der Waals surface area contributed by atoms with Crippen molar-refractivity contribution in [2.75, 3.05) is 33.7 Å². The molecule has 0 aromatic carbocycles. The van der Waals surface area contributed by atoms with E-state index in [9.17, 15) is 4.79 Å². The average Bonchev–Trinajstić information content (AvgIpc) is 2.21. The molecule has 0 aliphatic heterocycles. The van der Waals surface area contributed by atoms with Crippen LogP contribution in [0.2, 0.25) is 0 Å². The Balaban J connectivity index is 3.61. The van der Waals surface area contributed by atoms with E-state index in [4.69, 9.17) is 0 Å². The maximum atomic E-state index is 11.6. The van der Waals surface area contributed by atoms with E-state index in [0.717, 1.165) is 32.5 Å². The van der Waals surface area contributed by atoms with E-state index in [1.807, 2.05) is 19.0 Å². The molecule has 0 aromatic rings. The van der Waals surface area contributed by atoms with Crippen molar-refractivity contribution in [2.45, 2.75) is 33.1 Å². The van der Waals surface area contributed by atoms with Crippen molar-refractivity contribution in [3.05, 3.63) is 0 Å². The van der Waals surface area contributed by atoms with Crippen LogP contribution in [0.5, 0.6) is 0 Å². The molecule has 0 saturated heterocycles. The molecule has 0 aliphatic carbocycles. The second-order valence-electron chi connectivity index (χ2n) is 3.81. The van der Waals surface area contributed by atoms with E-state index in [1.165, 1.54) is 0 Å². The normalized spacial score (nSPS) is 10.6. The minimum atomic E-state index is 0.263. The Morgan fingerprint density at radius 3 is 2.29 bits per heavy atom. The topological polar surface area (TPSA) is 23.6 Å². The van der Waals surface area contributed by atoms with Gasteiger partial charge in [0, 0.05) is 26.6 Å². The molecule has 0 unspecified atom stereocenters. The van der Waals surface area contributed by atoms with Gasteiger partial charge in [-0.05, 0) is 20.0 Å². The lowest BCUT2D eigenvalue weighted by Crippen LogP contribution is -2.31. The predicted molar refractivity (Wildman–Crippen MR) is 60.3 cm³/mol. The minimum Gasteiger partial charge on any atom is -0.346 e. The van der Waals surface area contributed by atoms with Crippen molar-refractivity contribution < 1.29 is 4.79 Å². The predicted octanol–water partition coefficient (Wildman–Crippen LogP) is 1.59. The number of unbranched alkanes of at least 4 members (excludes halogenated alkanes) is 1. The van der Waals surface area contributed by atoms with Crippen LogP contribution in [0.4, 0.5) is 0 Å². The van der Waals surface area contributed by atoms with Gasteiger partial charge in [-0.1, -0.05) is 20.3 Å². The fourth-order valence-corrected chi connectivity index (χ4v) is 1.16. The smallest absolute Gasteiger partial charge is 0.223 e. The molecular weight excluding hydrogens is 176 g/mol. The molecule has 84 valence electrons. The van der Waals surface area contributed by atoms with Crippen LogP contribution in [0.25, 0.3) is 0 Å². The highest BCUT2D eigenvalue weighted by molar-refractivity contribution is 5.75. The molecule has 3 heteroatoms. The van der Waals surface area contributed by atoms with Crippen LogP contribution >= 0.6 is 0 Å². The molecule has 0 saturated carbocycles. The summed E-state index contributed by atoms with van der Waals surface area (Å²) in [5.41, 5.74) is 0. The summed E-state index contributed by atoms with van der Waals surface area (Å²) >= 11 is 0. The highest BCUT2D eigenvalue weighted by atomic mass is 16.2. The van der Waals surface area contributed by atoms with Gasteiger partial charge in [-0.2, -0.15) is 0 Å². The van der Waals surface area contributed by atoms with E-state index in [1.54, 1.807) is 0 Å². The van der Waals surface area contributed by atoms with E-state index < -0.39 is 0 Å². The van der Waals surface area contributed by atoms with Gasteiger partial charge >= 0.3 is 0 Å². The third-order valence-corrected chi connectivity index (χ3v) is 2.52. The largest absolute Gasteiger partial charge is 0.346 e. The average molecular weight is 200 g/mol. The van der Waals surface area contributed by atoms with Crippen LogP contribution in [-0.2, 0) is 4.79 Å². The fraction of sp³-hybridized carbons (Fsp3) is 0.909. The quantitative estimate of drug-likeness (QED) is 0.623. The van der Waals surface area contributed by atoms with Crippen LogP contribution in [0.15, 0.2) is 0 Å². The van der Waals surface area contributed by atoms with Crippen molar-refractivity contribution >= 4 is 5.91 Å². The number of carbonyl (C=O) groups is 1. The van der Waals surface area contributed by atoms with Gasteiger partial charge in [0.1, 0.15) is 0 Å². The van der Waals surface area contributed by atoms with Gasteiger partial charge in [0.2, 0.25) is 5.91 Å². The second kappa shape index (κ2) is 7.80. The Morgan fingerprint density at radius 1 is 1.14 bits per heavy atom. The van der Waals surface area contributed by atoms with E-state index in [-0.39, 0.29) is 5.91 Å². The zero-order valence-electron chi connectivity index (χ0n) is 10.0. The van der Waals surface area contributed by atoms with E-state index >= 15 is 0 Å². The van der Waals surface area contributed by atoms with E-state index in [2.05, 4.69) is 18.7 Å². The lowest BCUT2D eigenvalue weighted by molar-refractivity contribution is -0.130. The Morgan fingerprint density at radius 2 is 1.79 bits per heavy atom. The van der Waals surface area contributed by atoms with Crippen molar-refractivity contribution in [2.24, 2.45) is 0 Å². The molecule has 0 radical (unpaired) electrons. The zero-order chi connectivity index (χ0) is 11.0. The first-order valence-corrected chi connectivity index (χ1v) is 5.54. The molecular formula is C11H24N2O. The summed E-state index contributed by atoms with van der Waals surface area (Å²) in [7, 11) is 3.93. The highest BCUT2D eigenvalue weighted by Crippen LogP contribution is 1.96. The summed E-state index contributed by atoms with van der Waals surface area (Å²) in [4.78, 5) is 15.6. The zero-order valence-corrected chi connectivity index (χ0v) is 10.0. The van der Waals surface area contributed by atoms with Crippen molar-refractivity contribution in [3.8, 4) is 0 Å². The number of hydrogen-bond acceptors (Lipinski definition) is 2. The van der Waals surface area contributed by atoms with Gasteiger partial charge in [0.15, 0.2) is 0 Å². The molecule has 0 heterocycles. The van der Waals surface area contributed by atoms with Crippen LogP contribution in [0.1, 0.15) is 33.1 Å². The summed E-state index contributed by atoms with van der Waals surface area (Å²) in [6, 6.07) is 0. The van der Waals surface area contributed by atoms with Crippen LogP contribution in [0, 0.1) is 0 Å². The first-order valence-electron chi connectivity index (χ1n) is 5.54. The van der Waals surface area contributed by atoms with Gasteiger partial charge in [-0.15, -0.1) is 0 Å². The highest BCUT2D eigenvalue weighted by Gasteiger charge is 2.08. The molecule has 14 heavy (non-hydrogen) atoms. The Bertz CT molecular complexity index is 159. The number of nitrogens with zero attached hydrogens (tertiary/aromatic N) is 2. The van der Waals surface area contributed by atoms with Gasteiger partial charge < -0.3 is 9.80 Å². The number of carbonyl (C=O) groups excluding carboxylic acids is 1. The molecule has 1 amide bonds. The number of amides is 1.